The molecule has 62 valence electrons. The fourth-order valence-corrected chi connectivity index (χ4v) is 1.21. The van der Waals surface area contributed by atoms with Crippen LogP contribution < -0.4 is 0 Å². The van der Waals surface area contributed by atoms with E-state index in [1.807, 2.05) is 0 Å². The molecule has 10 heavy (non-hydrogen) atoms. The number of hydrogen-bond donors (Lipinski definition) is 0. The Morgan fingerprint density at radius 2 is 1.70 bits per heavy atom. The van der Waals surface area contributed by atoms with E-state index < -0.39 is 0 Å². The SMILES string of the molecule is CCSOC(C)(CC)CC. The van der Waals surface area contributed by atoms with Crippen molar-refractivity contribution in [1.29, 1.82) is 0 Å². The standard InChI is InChI=1S/C8H18OS/c1-5-8(4,6-2)9-10-7-3/h5-7H2,1-4H3. The lowest BCUT2D eigenvalue weighted by molar-refractivity contribution is 0.108. The molecular weight excluding hydrogens is 144 g/mol. The maximum absolute atomic E-state index is 5.59. The zero-order chi connectivity index (χ0) is 8.04. The molecule has 2 heteroatoms. The van der Waals surface area contributed by atoms with Crippen molar-refractivity contribution in [2.45, 2.75) is 46.1 Å². The minimum absolute atomic E-state index is 0.0979. The molecule has 0 aliphatic carbocycles. The lowest BCUT2D eigenvalue weighted by Crippen LogP contribution is -2.23. The van der Waals surface area contributed by atoms with Crippen molar-refractivity contribution in [3.05, 3.63) is 0 Å². The van der Waals surface area contributed by atoms with Crippen LogP contribution in [0.15, 0.2) is 0 Å². The van der Waals surface area contributed by atoms with Crippen molar-refractivity contribution < 1.29 is 4.18 Å². The van der Waals surface area contributed by atoms with Crippen LogP contribution in [0.2, 0.25) is 0 Å². The summed E-state index contributed by atoms with van der Waals surface area (Å²) in [5.74, 6) is 1.04. The van der Waals surface area contributed by atoms with Crippen molar-refractivity contribution >= 4 is 12.0 Å². The third-order valence-corrected chi connectivity index (χ3v) is 2.63. The van der Waals surface area contributed by atoms with E-state index in [4.69, 9.17) is 4.18 Å². The van der Waals surface area contributed by atoms with Crippen molar-refractivity contribution in [2.24, 2.45) is 0 Å². The quantitative estimate of drug-likeness (QED) is 0.574. The molecule has 0 heterocycles. The first-order valence-corrected chi connectivity index (χ1v) is 4.90. The molecule has 0 unspecified atom stereocenters. The van der Waals surface area contributed by atoms with E-state index in [1.54, 1.807) is 12.0 Å². The summed E-state index contributed by atoms with van der Waals surface area (Å²) in [7, 11) is 0. The molecule has 0 saturated heterocycles. The van der Waals surface area contributed by atoms with E-state index in [0.29, 0.717) is 0 Å². The Kier molecular flexibility index (Phi) is 5.18. The predicted molar refractivity (Wildman–Crippen MR) is 48.2 cm³/mol. The molecule has 0 aromatic carbocycles. The molecule has 0 N–H and O–H groups in total. The van der Waals surface area contributed by atoms with E-state index in [1.165, 1.54) is 0 Å². The maximum Gasteiger partial charge on any atom is 0.0796 e. The molecule has 1 nitrogen and oxygen atoms in total. The summed E-state index contributed by atoms with van der Waals surface area (Å²) >= 11 is 1.56. The van der Waals surface area contributed by atoms with Crippen LogP contribution in [0.25, 0.3) is 0 Å². The Hall–Kier alpha value is 0.310. The number of rotatable bonds is 5. The van der Waals surface area contributed by atoms with Crippen LogP contribution in [0.3, 0.4) is 0 Å². The van der Waals surface area contributed by atoms with Crippen LogP contribution >= 0.6 is 12.0 Å². The lowest BCUT2D eigenvalue weighted by atomic mass is 10.0. The molecule has 0 atom stereocenters. The number of hydrogen-bond acceptors (Lipinski definition) is 2. The Labute approximate surface area is 68.7 Å². The molecular formula is C8H18OS. The summed E-state index contributed by atoms with van der Waals surface area (Å²) in [5, 5.41) is 0. The first-order chi connectivity index (χ1) is 4.68. The van der Waals surface area contributed by atoms with Crippen LogP contribution in [0.1, 0.15) is 40.5 Å². The minimum Gasteiger partial charge on any atom is -0.309 e. The van der Waals surface area contributed by atoms with Gasteiger partial charge < -0.3 is 4.18 Å². The van der Waals surface area contributed by atoms with Crippen LogP contribution in [0, 0.1) is 0 Å². The molecule has 0 saturated carbocycles. The van der Waals surface area contributed by atoms with Gasteiger partial charge in [0.05, 0.1) is 5.60 Å². The van der Waals surface area contributed by atoms with Gasteiger partial charge in [0.2, 0.25) is 0 Å². The fraction of sp³-hybridized carbons (Fsp3) is 1.00. The third kappa shape index (κ3) is 3.47. The largest absolute Gasteiger partial charge is 0.309 e. The Morgan fingerprint density at radius 1 is 1.20 bits per heavy atom. The summed E-state index contributed by atoms with van der Waals surface area (Å²) in [6.07, 6.45) is 2.19. The smallest absolute Gasteiger partial charge is 0.0796 e. The predicted octanol–water partition coefficient (Wildman–Crippen LogP) is 3.25. The lowest BCUT2D eigenvalue weighted by Gasteiger charge is -2.25. The summed E-state index contributed by atoms with van der Waals surface area (Å²) in [6.45, 7) is 8.60. The molecule has 0 spiro atoms. The normalized spacial score (nSPS) is 12.0. The van der Waals surface area contributed by atoms with Crippen molar-refractivity contribution in [1.82, 2.24) is 0 Å². The van der Waals surface area contributed by atoms with Crippen LogP contribution in [0.4, 0.5) is 0 Å². The Morgan fingerprint density at radius 3 is 2.00 bits per heavy atom. The summed E-state index contributed by atoms with van der Waals surface area (Å²) < 4.78 is 5.59. The molecule has 0 aromatic heterocycles. The maximum atomic E-state index is 5.59. The van der Waals surface area contributed by atoms with Gasteiger partial charge in [-0.3, -0.25) is 0 Å². The van der Waals surface area contributed by atoms with Gasteiger partial charge in [-0.15, -0.1) is 0 Å². The highest BCUT2D eigenvalue weighted by Crippen LogP contribution is 2.24. The Balaban J connectivity index is 3.58. The van der Waals surface area contributed by atoms with Crippen molar-refractivity contribution in [3.63, 3.8) is 0 Å². The molecule has 0 amide bonds. The summed E-state index contributed by atoms with van der Waals surface area (Å²) in [5.41, 5.74) is 0.0979. The van der Waals surface area contributed by atoms with Gasteiger partial charge in [0.15, 0.2) is 0 Å². The van der Waals surface area contributed by atoms with E-state index in [0.717, 1.165) is 18.6 Å². The second-order valence-corrected chi connectivity index (χ2v) is 3.63. The monoisotopic (exact) mass is 162 g/mol. The first kappa shape index (κ1) is 10.3. The molecule has 0 aromatic rings. The van der Waals surface area contributed by atoms with Crippen LogP contribution in [0.5, 0.6) is 0 Å². The topological polar surface area (TPSA) is 9.23 Å². The highest BCUT2D eigenvalue weighted by atomic mass is 32.2. The van der Waals surface area contributed by atoms with E-state index >= 15 is 0 Å². The molecule has 0 rings (SSSR count). The summed E-state index contributed by atoms with van der Waals surface area (Å²) in [4.78, 5) is 0. The zero-order valence-corrected chi connectivity index (χ0v) is 8.25. The van der Waals surface area contributed by atoms with E-state index in [9.17, 15) is 0 Å². The van der Waals surface area contributed by atoms with Gasteiger partial charge in [0, 0.05) is 5.75 Å². The van der Waals surface area contributed by atoms with Gasteiger partial charge in [0.1, 0.15) is 0 Å². The zero-order valence-electron chi connectivity index (χ0n) is 7.44. The molecule has 0 aliphatic rings. The van der Waals surface area contributed by atoms with Crippen molar-refractivity contribution in [2.75, 3.05) is 5.75 Å². The molecule has 0 bridgehead atoms. The van der Waals surface area contributed by atoms with E-state index in [-0.39, 0.29) is 5.60 Å². The highest BCUT2D eigenvalue weighted by Gasteiger charge is 2.19. The first-order valence-electron chi connectivity index (χ1n) is 3.99. The second-order valence-electron chi connectivity index (χ2n) is 2.65. The Bertz CT molecular complexity index is 79.3. The summed E-state index contributed by atoms with van der Waals surface area (Å²) in [6, 6.07) is 0. The molecule has 0 fully saturated rings. The molecule has 0 radical (unpaired) electrons. The third-order valence-electron chi connectivity index (χ3n) is 1.87. The highest BCUT2D eigenvalue weighted by molar-refractivity contribution is 7.94. The van der Waals surface area contributed by atoms with Gasteiger partial charge in [-0.05, 0) is 31.8 Å². The van der Waals surface area contributed by atoms with E-state index in [2.05, 4.69) is 27.7 Å². The van der Waals surface area contributed by atoms with Gasteiger partial charge in [0.25, 0.3) is 0 Å². The fourth-order valence-electron chi connectivity index (χ4n) is 0.569. The van der Waals surface area contributed by atoms with Gasteiger partial charge in [-0.2, -0.15) is 0 Å². The average molecular weight is 162 g/mol. The average Bonchev–Trinajstić information content (AvgIpc) is 2.00. The van der Waals surface area contributed by atoms with Crippen LogP contribution in [-0.2, 0) is 4.18 Å². The van der Waals surface area contributed by atoms with Gasteiger partial charge in [-0.1, -0.05) is 20.8 Å². The second kappa shape index (κ2) is 5.03. The van der Waals surface area contributed by atoms with Gasteiger partial charge in [-0.25, -0.2) is 0 Å². The van der Waals surface area contributed by atoms with Crippen LogP contribution in [-0.4, -0.2) is 11.4 Å². The minimum atomic E-state index is 0.0979. The van der Waals surface area contributed by atoms with Crippen molar-refractivity contribution in [3.8, 4) is 0 Å². The van der Waals surface area contributed by atoms with Gasteiger partial charge >= 0.3 is 0 Å². The molecule has 0 aliphatic heterocycles.